The molecular formula is C5H9F2O. The highest BCUT2D eigenvalue weighted by Gasteiger charge is 2.04. The number of hydrogen-bond acceptors (Lipinski definition) is 0. The smallest absolute Gasteiger partial charge is 0.231 e. The fourth-order valence-corrected chi connectivity index (χ4v) is 0.361. The molecule has 0 aliphatic carbocycles. The third kappa shape index (κ3) is 5.82. The van der Waals surface area contributed by atoms with Crippen molar-refractivity contribution in [1.82, 2.24) is 0 Å². The lowest BCUT2D eigenvalue weighted by Crippen LogP contribution is -2.00. The second-order valence-electron chi connectivity index (χ2n) is 1.77. The van der Waals surface area contributed by atoms with Gasteiger partial charge in [0.15, 0.2) is 0 Å². The Balaban J connectivity index is 2.93. The van der Waals surface area contributed by atoms with Crippen molar-refractivity contribution in [2.24, 2.45) is 0 Å². The Morgan fingerprint density at radius 1 is 1.38 bits per heavy atom. The second kappa shape index (κ2) is 3.78. The Kier molecular flexibility index (Phi) is 3.69. The van der Waals surface area contributed by atoms with E-state index in [9.17, 15) is 13.9 Å². The number of alkyl halides is 2. The molecule has 0 heterocycles. The summed E-state index contributed by atoms with van der Waals surface area (Å²) in [5.41, 5.74) is 0. The predicted octanol–water partition coefficient (Wildman–Crippen LogP) is 1.85. The van der Waals surface area contributed by atoms with E-state index in [0.717, 1.165) is 0 Å². The summed E-state index contributed by atoms with van der Waals surface area (Å²) in [5.74, 6) is 0. The van der Waals surface area contributed by atoms with Crippen molar-refractivity contribution in [2.75, 3.05) is 0 Å². The van der Waals surface area contributed by atoms with Gasteiger partial charge in [-0.15, -0.1) is 0 Å². The molecular weight excluding hydrogens is 114 g/mol. The van der Waals surface area contributed by atoms with Crippen molar-refractivity contribution in [1.29, 1.82) is 0 Å². The molecule has 0 aromatic rings. The van der Waals surface area contributed by atoms with Gasteiger partial charge in [0.2, 0.25) is 6.36 Å². The lowest BCUT2D eigenvalue weighted by molar-refractivity contribution is -0.0326. The normalized spacial score (nSPS) is 18.0. The van der Waals surface area contributed by atoms with Crippen LogP contribution in [0.4, 0.5) is 8.78 Å². The lowest BCUT2D eigenvalue weighted by Gasteiger charge is -1.98. The van der Waals surface area contributed by atoms with Gasteiger partial charge in [-0.3, -0.25) is 0 Å². The van der Waals surface area contributed by atoms with E-state index in [1.54, 1.807) is 0 Å². The molecule has 0 saturated heterocycles. The minimum absolute atomic E-state index is 0.0324. The van der Waals surface area contributed by atoms with Gasteiger partial charge < -0.3 is 0 Å². The molecule has 0 N–H and O–H groups in total. The van der Waals surface area contributed by atoms with Crippen molar-refractivity contribution in [3.05, 3.63) is 0 Å². The summed E-state index contributed by atoms with van der Waals surface area (Å²) in [5, 5.41) is 9.60. The van der Waals surface area contributed by atoms with Crippen molar-refractivity contribution in [3.8, 4) is 0 Å². The molecule has 2 atom stereocenters. The van der Waals surface area contributed by atoms with Crippen LogP contribution in [0.5, 0.6) is 0 Å². The van der Waals surface area contributed by atoms with Gasteiger partial charge in [0, 0.05) is 6.42 Å². The number of halogens is 2. The molecule has 0 aliphatic rings. The van der Waals surface area contributed by atoms with Crippen LogP contribution >= 0.6 is 0 Å². The molecule has 1 radical (unpaired) electrons. The predicted molar refractivity (Wildman–Crippen MR) is 25.4 cm³/mol. The first-order chi connectivity index (χ1) is 3.63. The Morgan fingerprint density at radius 2 is 1.88 bits per heavy atom. The molecule has 0 saturated carbocycles. The first kappa shape index (κ1) is 7.82. The Labute approximate surface area is 47.3 Å². The van der Waals surface area contributed by atoms with Crippen LogP contribution in [0.25, 0.3) is 0 Å². The average molecular weight is 123 g/mol. The maximum Gasteiger partial charge on any atom is 0.231 e. The molecule has 49 valence electrons. The minimum atomic E-state index is -2.10. The molecule has 1 nitrogen and oxygen atoms in total. The summed E-state index contributed by atoms with van der Waals surface area (Å²) in [6, 6.07) is 0. The first-order valence-corrected chi connectivity index (χ1v) is 2.57. The molecule has 8 heavy (non-hydrogen) atoms. The van der Waals surface area contributed by atoms with Gasteiger partial charge in [-0.1, -0.05) is 0 Å². The van der Waals surface area contributed by atoms with Gasteiger partial charge in [-0.2, -0.15) is 5.11 Å². The average Bonchev–Trinajstić information content (AvgIpc) is 1.61. The fraction of sp³-hybridized carbons (Fsp3) is 1.00. The van der Waals surface area contributed by atoms with E-state index in [4.69, 9.17) is 0 Å². The lowest BCUT2D eigenvalue weighted by atomic mass is 10.2. The summed E-state index contributed by atoms with van der Waals surface area (Å²) >= 11 is 0. The van der Waals surface area contributed by atoms with E-state index in [0.29, 0.717) is 0 Å². The molecule has 0 aliphatic heterocycles. The highest BCUT2D eigenvalue weighted by Crippen LogP contribution is 2.04. The van der Waals surface area contributed by atoms with E-state index >= 15 is 0 Å². The Morgan fingerprint density at radius 3 is 2.00 bits per heavy atom. The van der Waals surface area contributed by atoms with Crippen LogP contribution in [-0.2, 0) is 5.11 Å². The second-order valence-corrected chi connectivity index (χ2v) is 1.77. The summed E-state index contributed by atoms with van der Waals surface area (Å²) in [6.07, 6.45) is -3.34. The van der Waals surface area contributed by atoms with E-state index in [1.165, 1.54) is 6.92 Å². The summed E-state index contributed by atoms with van der Waals surface area (Å²) in [4.78, 5) is 0. The van der Waals surface area contributed by atoms with Crippen LogP contribution in [0, 0.1) is 0 Å². The van der Waals surface area contributed by atoms with Crippen LogP contribution in [-0.4, -0.2) is 12.5 Å². The van der Waals surface area contributed by atoms with E-state index < -0.39 is 12.5 Å². The molecule has 0 aromatic carbocycles. The number of hydrogen-bond donors (Lipinski definition) is 0. The van der Waals surface area contributed by atoms with Crippen LogP contribution in [0.1, 0.15) is 19.8 Å². The molecule has 0 fully saturated rings. The highest BCUT2D eigenvalue weighted by molar-refractivity contribution is 4.47. The molecule has 0 bridgehead atoms. The molecule has 0 amide bonds. The van der Waals surface area contributed by atoms with Gasteiger partial charge in [0.1, 0.15) is 0 Å². The third-order valence-corrected chi connectivity index (χ3v) is 0.791. The topological polar surface area (TPSA) is 19.9 Å². The van der Waals surface area contributed by atoms with Crippen molar-refractivity contribution in [3.63, 3.8) is 0 Å². The van der Waals surface area contributed by atoms with Gasteiger partial charge in [-0.25, -0.2) is 8.78 Å². The maximum absolute atomic E-state index is 11.8. The van der Waals surface area contributed by atoms with Crippen molar-refractivity contribution < 1.29 is 13.9 Å². The summed E-state index contributed by atoms with van der Waals surface area (Å²) in [6.45, 7) is 1.31. The zero-order valence-corrected chi connectivity index (χ0v) is 4.73. The molecule has 2 unspecified atom stereocenters. The third-order valence-electron chi connectivity index (χ3n) is 0.791. The van der Waals surface area contributed by atoms with E-state index in [1.807, 2.05) is 0 Å². The fourth-order valence-electron chi connectivity index (χ4n) is 0.361. The quantitative estimate of drug-likeness (QED) is 0.545. The molecule has 0 aromatic heterocycles. The maximum atomic E-state index is 11.8. The Bertz CT molecular complexity index is 46.4. The monoisotopic (exact) mass is 123 g/mol. The van der Waals surface area contributed by atoms with Gasteiger partial charge in [0.05, 0.1) is 6.17 Å². The molecule has 3 heteroatoms. The van der Waals surface area contributed by atoms with Gasteiger partial charge in [0.25, 0.3) is 0 Å². The van der Waals surface area contributed by atoms with E-state index in [2.05, 4.69) is 0 Å². The Hall–Kier alpha value is -0.180. The highest BCUT2D eigenvalue weighted by atomic mass is 19.1. The minimum Gasteiger partial charge on any atom is -0.248 e. The van der Waals surface area contributed by atoms with Crippen LogP contribution < -0.4 is 0 Å². The summed E-state index contributed by atoms with van der Waals surface area (Å²) < 4.78 is 23.1. The largest absolute Gasteiger partial charge is 0.248 e. The van der Waals surface area contributed by atoms with Crippen molar-refractivity contribution >= 4 is 0 Å². The first-order valence-electron chi connectivity index (χ1n) is 2.57. The van der Waals surface area contributed by atoms with Gasteiger partial charge >= 0.3 is 0 Å². The summed E-state index contributed by atoms with van der Waals surface area (Å²) in [7, 11) is 0. The SMILES string of the molecule is CC(F)CCC([O])F. The zero-order chi connectivity index (χ0) is 6.57. The zero-order valence-electron chi connectivity index (χ0n) is 4.73. The molecule has 0 rings (SSSR count). The van der Waals surface area contributed by atoms with E-state index in [-0.39, 0.29) is 12.8 Å². The van der Waals surface area contributed by atoms with Gasteiger partial charge in [-0.05, 0) is 13.3 Å². The van der Waals surface area contributed by atoms with Crippen LogP contribution in [0.15, 0.2) is 0 Å². The van der Waals surface area contributed by atoms with Crippen LogP contribution in [0.2, 0.25) is 0 Å². The molecule has 0 spiro atoms. The van der Waals surface area contributed by atoms with Crippen LogP contribution in [0.3, 0.4) is 0 Å². The number of rotatable bonds is 3. The standard InChI is InChI=1S/C5H9F2O/c1-4(6)2-3-5(7)8/h4-5H,2-3H2,1H3. The van der Waals surface area contributed by atoms with Crippen molar-refractivity contribution in [2.45, 2.75) is 32.3 Å².